The summed E-state index contributed by atoms with van der Waals surface area (Å²) >= 11 is 0. The lowest BCUT2D eigenvalue weighted by atomic mass is 10.1. The number of carbonyl (C=O) groups is 1. The Morgan fingerprint density at radius 3 is 2.31 bits per heavy atom. The third-order valence-corrected chi connectivity index (χ3v) is 5.30. The molecule has 2 aromatic carbocycles. The van der Waals surface area contributed by atoms with Crippen LogP contribution in [-0.2, 0) is 32.4 Å². The standard InChI is InChI=1S/C26H22F4N4O2/c27-22-6-2-4-20(12-22)15-34(14-19-3-1-5-21(11-19)26(28,29)30)16-24-33-23(17-36-24)25(35)32-13-18-7-9-31-10-8-18/h1-12,17H,13-16H2,(H,32,35). The van der Waals surface area contributed by atoms with Gasteiger partial charge in [-0.25, -0.2) is 9.37 Å². The molecule has 2 aromatic heterocycles. The predicted octanol–water partition coefficient (Wildman–Crippen LogP) is 5.36. The second-order valence-corrected chi connectivity index (χ2v) is 8.14. The van der Waals surface area contributed by atoms with E-state index in [2.05, 4.69) is 15.3 Å². The van der Waals surface area contributed by atoms with Crippen LogP contribution < -0.4 is 5.32 Å². The van der Waals surface area contributed by atoms with Gasteiger partial charge in [-0.05, 0) is 47.0 Å². The van der Waals surface area contributed by atoms with Crippen molar-refractivity contribution in [1.29, 1.82) is 0 Å². The van der Waals surface area contributed by atoms with Crippen LogP contribution >= 0.6 is 0 Å². The summed E-state index contributed by atoms with van der Waals surface area (Å²) in [7, 11) is 0. The molecule has 4 aromatic rings. The molecule has 1 amide bonds. The first-order valence-corrected chi connectivity index (χ1v) is 11.0. The summed E-state index contributed by atoms with van der Waals surface area (Å²) in [6.45, 7) is 0.710. The summed E-state index contributed by atoms with van der Waals surface area (Å²) in [5.41, 5.74) is 1.23. The fraction of sp³-hybridized carbons (Fsp3) is 0.192. The second kappa shape index (κ2) is 11.1. The number of benzene rings is 2. The minimum Gasteiger partial charge on any atom is -0.447 e. The Kier molecular flexibility index (Phi) is 7.74. The van der Waals surface area contributed by atoms with E-state index >= 15 is 0 Å². The minimum absolute atomic E-state index is 0.0730. The van der Waals surface area contributed by atoms with Gasteiger partial charge in [0, 0.05) is 32.0 Å². The van der Waals surface area contributed by atoms with Gasteiger partial charge in [0.25, 0.3) is 5.91 Å². The molecular formula is C26H22F4N4O2. The third-order valence-electron chi connectivity index (χ3n) is 5.30. The maximum Gasteiger partial charge on any atom is 0.416 e. The van der Waals surface area contributed by atoms with Crippen molar-refractivity contribution in [3.63, 3.8) is 0 Å². The van der Waals surface area contributed by atoms with E-state index in [4.69, 9.17) is 4.42 Å². The number of hydrogen-bond donors (Lipinski definition) is 1. The van der Waals surface area contributed by atoms with Crippen molar-refractivity contribution in [2.45, 2.75) is 32.4 Å². The average molecular weight is 498 g/mol. The number of carbonyl (C=O) groups excluding carboxylic acids is 1. The fourth-order valence-corrected chi connectivity index (χ4v) is 3.62. The molecule has 0 atom stereocenters. The minimum atomic E-state index is -4.47. The highest BCUT2D eigenvalue weighted by molar-refractivity contribution is 5.91. The average Bonchev–Trinajstić information content (AvgIpc) is 3.31. The van der Waals surface area contributed by atoms with Crippen LogP contribution in [0.4, 0.5) is 17.6 Å². The molecule has 0 spiro atoms. The van der Waals surface area contributed by atoms with Crippen molar-refractivity contribution in [2.75, 3.05) is 0 Å². The molecule has 0 fully saturated rings. The number of pyridine rings is 1. The quantitative estimate of drug-likeness (QED) is 0.315. The van der Waals surface area contributed by atoms with Gasteiger partial charge in [-0.1, -0.05) is 30.3 Å². The summed E-state index contributed by atoms with van der Waals surface area (Å²) in [4.78, 5) is 22.4. The van der Waals surface area contributed by atoms with Crippen LogP contribution in [0.5, 0.6) is 0 Å². The Labute approximate surface area is 204 Å². The van der Waals surface area contributed by atoms with Crippen LogP contribution in [-0.4, -0.2) is 20.8 Å². The first kappa shape index (κ1) is 25.1. The molecule has 0 radical (unpaired) electrons. The van der Waals surface area contributed by atoms with E-state index in [1.807, 2.05) is 0 Å². The number of alkyl halides is 3. The molecule has 0 saturated carbocycles. The fourth-order valence-electron chi connectivity index (χ4n) is 3.62. The molecule has 0 aliphatic rings. The number of oxazole rings is 1. The summed E-state index contributed by atoms with van der Waals surface area (Å²) < 4.78 is 58.7. The van der Waals surface area contributed by atoms with Crippen LogP contribution in [0.1, 0.15) is 38.6 Å². The van der Waals surface area contributed by atoms with E-state index in [0.717, 1.165) is 17.7 Å². The number of aromatic nitrogens is 2. The van der Waals surface area contributed by atoms with Gasteiger partial charge in [0.05, 0.1) is 12.1 Å². The van der Waals surface area contributed by atoms with E-state index in [1.165, 1.54) is 24.5 Å². The SMILES string of the molecule is O=C(NCc1ccncc1)c1coc(CN(Cc2cccc(F)c2)Cc2cccc(C(F)(F)F)c2)n1. The van der Waals surface area contributed by atoms with E-state index in [-0.39, 0.29) is 37.8 Å². The zero-order valence-corrected chi connectivity index (χ0v) is 19.0. The molecule has 0 unspecified atom stereocenters. The summed E-state index contributed by atoms with van der Waals surface area (Å²) in [6.07, 6.45) is -0.00702. The van der Waals surface area contributed by atoms with Crippen molar-refractivity contribution < 1.29 is 26.8 Å². The lowest BCUT2D eigenvalue weighted by Gasteiger charge is -2.21. The molecule has 0 aliphatic carbocycles. The summed E-state index contributed by atoms with van der Waals surface area (Å²) in [6, 6.07) is 14.5. The Morgan fingerprint density at radius 1 is 0.917 bits per heavy atom. The molecule has 186 valence electrons. The van der Waals surface area contributed by atoms with Crippen LogP contribution in [0.25, 0.3) is 0 Å². The van der Waals surface area contributed by atoms with Crippen LogP contribution in [0.15, 0.2) is 83.7 Å². The summed E-state index contributed by atoms with van der Waals surface area (Å²) in [5.74, 6) is -0.653. The Balaban J connectivity index is 1.48. The van der Waals surface area contributed by atoms with Crippen molar-refractivity contribution in [1.82, 2.24) is 20.2 Å². The predicted molar refractivity (Wildman–Crippen MR) is 123 cm³/mol. The zero-order chi connectivity index (χ0) is 25.5. The number of halogens is 4. The first-order valence-electron chi connectivity index (χ1n) is 11.0. The second-order valence-electron chi connectivity index (χ2n) is 8.14. The normalized spacial score (nSPS) is 11.6. The van der Waals surface area contributed by atoms with Crippen molar-refractivity contribution >= 4 is 5.91 Å². The molecular weight excluding hydrogens is 476 g/mol. The van der Waals surface area contributed by atoms with Crippen LogP contribution in [0.3, 0.4) is 0 Å². The highest BCUT2D eigenvalue weighted by Crippen LogP contribution is 2.30. The Bertz CT molecular complexity index is 1310. The number of hydrogen-bond acceptors (Lipinski definition) is 5. The van der Waals surface area contributed by atoms with Crippen molar-refractivity contribution in [3.05, 3.63) is 119 Å². The van der Waals surface area contributed by atoms with Gasteiger partial charge in [-0.3, -0.25) is 14.7 Å². The van der Waals surface area contributed by atoms with Gasteiger partial charge in [0.2, 0.25) is 5.89 Å². The highest BCUT2D eigenvalue weighted by atomic mass is 19.4. The lowest BCUT2D eigenvalue weighted by Crippen LogP contribution is -2.24. The molecule has 4 rings (SSSR count). The lowest BCUT2D eigenvalue weighted by molar-refractivity contribution is -0.137. The maximum absolute atomic E-state index is 13.7. The monoisotopic (exact) mass is 498 g/mol. The topological polar surface area (TPSA) is 71.3 Å². The van der Waals surface area contributed by atoms with E-state index < -0.39 is 23.5 Å². The molecule has 0 saturated heterocycles. The highest BCUT2D eigenvalue weighted by Gasteiger charge is 2.30. The number of amides is 1. The van der Waals surface area contributed by atoms with Gasteiger partial charge >= 0.3 is 6.18 Å². The smallest absolute Gasteiger partial charge is 0.416 e. The van der Waals surface area contributed by atoms with Gasteiger partial charge in [0.1, 0.15) is 12.1 Å². The molecule has 1 N–H and O–H groups in total. The molecule has 10 heteroatoms. The maximum atomic E-state index is 13.7. The summed E-state index contributed by atoms with van der Waals surface area (Å²) in [5, 5.41) is 2.74. The number of rotatable bonds is 9. The van der Waals surface area contributed by atoms with Crippen molar-refractivity contribution in [3.8, 4) is 0 Å². The van der Waals surface area contributed by atoms with Crippen LogP contribution in [0, 0.1) is 5.82 Å². The zero-order valence-electron chi connectivity index (χ0n) is 19.0. The van der Waals surface area contributed by atoms with Gasteiger partial charge < -0.3 is 9.73 Å². The Hall–Kier alpha value is -4.05. The first-order chi connectivity index (χ1) is 17.3. The van der Waals surface area contributed by atoms with Gasteiger partial charge in [-0.2, -0.15) is 13.2 Å². The molecule has 2 heterocycles. The van der Waals surface area contributed by atoms with Gasteiger partial charge in [-0.15, -0.1) is 0 Å². The molecule has 36 heavy (non-hydrogen) atoms. The molecule has 0 bridgehead atoms. The third kappa shape index (κ3) is 6.98. The van der Waals surface area contributed by atoms with Crippen LogP contribution in [0.2, 0.25) is 0 Å². The van der Waals surface area contributed by atoms with E-state index in [0.29, 0.717) is 11.1 Å². The Morgan fingerprint density at radius 2 is 1.61 bits per heavy atom. The number of nitrogens with one attached hydrogen (secondary N) is 1. The molecule has 6 nitrogen and oxygen atoms in total. The van der Waals surface area contributed by atoms with Crippen molar-refractivity contribution in [2.24, 2.45) is 0 Å². The largest absolute Gasteiger partial charge is 0.447 e. The molecule has 0 aliphatic heterocycles. The van der Waals surface area contributed by atoms with E-state index in [1.54, 1.807) is 47.6 Å². The van der Waals surface area contributed by atoms with E-state index in [9.17, 15) is 22.4 Å². The number of nitrogens with zero attached hydrogens (tertiary/aromatic N) is 3. The van der Waals surface area contributed by atoms with Gasteiger partial charge in [0.15, 0.2) is 5.69 Å².